The highest BCUT2D eigenvalue weighted by Gasteiger charge is 2.09. The maximum Gasteiger partial charge on any atom is 0.293 e. The van der Waals surface area contributed by atoms with Crippen LogP contribution in [0.3, 0.4) is 0 Å². The van der Waals surface area contributed by atoms with Crippen molar-refractivity contribution in [2.24, 2.45) is 0 Å². The molecule has 15 heavy (non-hydrogen) atoms. The first-order valence-corrected chi connectivity index (χ1v) is 4.92. The van der Waals surface area contributed by atoms with E-state index in [0.29, 0.717) is 11.5 Å². The van der Waals surface area contributed by atoms with Crippen LogP contribution >= 0.6 is 11.6 Å². The van der Waals surface area contributed by atoms with Gasteiger partial charge in [0, 0.05) is 22.7 Å². The standard InChI is InChI=1S/C11H10ClNO2/c1-7-4-8(5-15-6-14)10(12)9-2-3-13-11(7)9/h2-4,6,13H,5H2,1H3. The lowest BCUT2D eigenvalue weighted by Crippen LogP contribution is -1.93. The van der Waals surface area contributed by atoms with Crippen LogP contribution < -0.4 is 0 Å². The fraction of sp³-hybridized carbons (Fsp3) is 0.182. The lowest BCUT2D eigenvalue weighted by Gasteiger charge is -2.06. The van der Waals surface area contributed by atoms with Gasteiger partial charge in [-0.25, -0.2) is 0 Å². The summed E-state index contributed by atoms with van der Waals surface area (Å²) in [6.45, 7) is 2.62. The molecule has 0 aliphatic carbocycles. The summed E-state index contributed by atoms with van der Waals surface area (Å²) in [5, 5.41) is 1.60. The van der Waals surface area contributed by atoms with Gasteiger partial charge in [-0.15, -0.1) is 0 Å². The van der Waals surface area contributed by atoms with Crippen molar-refractivity contribution >= 4 is 29.0 Å². The zero-order chi connectivity index (χ0) is 10.8. The van der Waals surface area contributed by atoms with Crippen LogP contribution in [0.15, 0.2) is 18.3 Å². The lowest BCUT2D eigenvalue weighted by atomic mass is 10.1. The minimum absolute atomic E-state index is 0.213. The van der Waals surface area contributed by atoms with Gasteiger partial charge in [-0.05, 0) is 24.6 Å². The molecule has 0 aliphatic heterocycles. The van der Waals surface area contributed by atoms with Crippen LogP contribution in [0.25, 0.3) is 10.9 Å². The van der Waals surface area contributed by atoms with Crippen LogP contribution in [0, 0.1) is 6.92 Å². The summed E-state index contributed by atoms with van der Waals surface area (Å²) in [5.41, 5.74) is 2.94. The zero-order valence-corrected chi connectivity index (χ0v) is 8.97. The third-order valence-corrected chi connectivity index (χ3v) is 2.80. The van der Waals surface area contributed by atoms with Gasteiger partial charge in [0.2, 0.25) is 0 Å². The molecule has 0 bridgehead atoms. The molecule has 2 rings (SSSR count). The Labute approximate surface area is 92.0 Å². The molecule has 0 saturated carbocycles. The predicted octanol–water partition coefficient (Wildman–Crippen LogP) is 2.80. The number of nitrogens with one attached hydrogen (secondary N) is 1. The lowest BCUT2D eigenvalue weighted by molar-refractivity contribution is -0.129. The van der Waals surface area contributed by atoms with Crippen molar-refractivity contribution in [2.45, 2.75) is 13.5 Å². The van der Waals surface area contributed by atoms with E-state index in [1.54, 1.807) is 0 Å². The Morgan fingerprint density at radius 1 is 1.60 bits per heavy atom. The average molecular weight is 224 g/mol. The fourth-order valence-electron chi connectivity index (χ4n) is 1.68. The van der Waals surface area contributed by atoms with E-state index in [1.807, 2.05) is 25.3 Å². The Balaban J connectivity index is 2.55. The van der Waals surface area contributed by atoms with Crippen LogP contribution in [0.5, 0.6) is 0 Å². The summed E-state index contributed by atoms with van der Waals surface area (Å²) < 4.78 is 4.71. The first-order valence-electron chi connectivity index (χ1n) is 4.54. The molecule has 0 spiro atoms. The molecule has 0 fully saturated rings. The summed E-state index contributed by atoms with van der Waals surface area (Å²) in [4.78, 5) is 13.2. The predicted molar refractivity (Wildman–Crippen MR) is 58.9 cm³/mol. The van der Waals surface area contributed by atoms with Crippen molar-refractivity contribution in [3.05, 3.63) is 34.5 Å². The van der Waals surface area contributed by atoms with Gasteiger partial charge in [-0.1, -0.05) is 11.6 Å². The van der Waals surface area contributed by atoms with E-state index >= 15 is 0 Å². The molecule has 4 heteroatoms. The quantitative estimate of drug-likeness (QED) is 0.813. The number of benzene rings is 1. The second kappa shape index (κ2) is 3.95. The van der Waals surface area contributed by atoms with E-state index in [0.717, 1.165) is 22.0 Å². The Hall–Kier alpha value is -1.48. The van der Waals surface area contributed by atoms with Gasteiger partial charge in [0.05, 0.1) is 5.02 Å². The first-order chi connectivity index (χ1) is 7.24. The van der Waals surface area contributed by atoms with Crippen molar-refractivity contribution in [1.29, 1.82) is 0 Å². The number of ether oxygens (including phenoxy) is 1. The molecule has 0 aliphatic rings. The highest BCUT2D eigenvalue weighted by molar-refractivity contribution is 6.36. The molecule has 1 aromatic carbocycles. The highest BCUT2D eigenvalue weighted by Crippen LogP contribution is 2.29. The van der Waals surface area contributed by atoms with Crippen molar-refractivity contribution in [3.8, 4) is 0 Å². The molecular weight excluding hydrogens is 214 g/mol. The van der Waals surface area contributed by atoms with Gasteiger partial charge in [0.15, 0.2) is 0 Å². The van der Waals surface area contributed by atoms with Gasteiger partial charge in [0.25, 0.3) is 6.47 Å². The maximum absolute atomic E-state index is 10.1. The average Bonchev–Trinajstić information content (AvgIpc) is 2.70. The molecule has 0 unspecified atom stereocenters. The van der Waals surface area contributed by atoms with Crippen LogP contribution in [0.2, 0.25) is 5.02 Å². The van der Waals surface area contributed by atoms with E-state index in [-0.39, 0.29) is 6.61 Å². The van der Waals surface area contributed by atoms with Crippen molar-refractivity contribution in [2.75, 3.05) is 0 Å². The van der Waals surface area contributed by atoms with Crippen molar-refractivity contribution < 1.29 is 9.53 Å². The smallest absolute Gasteiger partial charge is 0.293 e. The monoisotopic (exact) mass is 223 g/mol. The summed E-state index contributed by atoms with van der Waals surface area (Å²) in [6, 6.07) is 3.83. The van der Waals surface area contributed by atoms with E-state index in [9.17, 15) is 4.79 Å². The van der Waals surface area contributed by atoms with Gasteiger partial charge in [0.1, 0.15) is 6.61 Å². The van der Waals surface area contributed by atoms with Crippen LogP contribution in [-0.4, -0.2) is 11.5 Å². The molecule has 0 saturated heterocycles. The molecule has 0 radical (unpaired) electrons. The van der Waals surface area contributed by atoms with E-state index in [2.05, 4.69) is 4.98 Å². The largest absolute Gasteiger partial charge is 0.463 e. The SMILES string of the molecule is Cc1cc(COC=O)c(Cl)c2cc[nH]c12. The zero-order valence-electron chi connectivity index (χ0n) is 8.21. The molecule has 1 N–H and O–H groups in total. The minimum Gasteiger partial charge on any atom is -0.463 e. The van der Waals surface area contributed by atoms with E-state index in [4.69, 9.17) is 16.3 Å². The van der Waals surface area contributed by atoms with Crippen LogP contribution in [-0.2, 0) is 16.1 Å². The number of carbonyl (C=O) groups is 1. The summed E-state index contributed by atoms with van der Waals surface area (Å²) in [6.07, 6.45) is 1.84. The fourth-order valence-corrected chi connectivity index (χ4v) is 1.94. The number of aromatic amines is 1. The number of aromatic nitrogens is 1. The normalized spacial score (nSPS) is 10.5. The highest BCUT2D eigenvalue weighted by atomic mass is 35.5. The first kappa shape index (κ1) is 10.1. The van der Waals surface area contributed by atoms with Crippen molar-refractivity contribution in [3.63, 3.8) is 0 Å². The van der Waals surface area contributed by atoms with Gasteiger partial charge in [-0.2, -0.15) is 0 Å². The van der Waals surface area contributed by atoms with E-state index in [1.165, 1.54) is 0 Å². The third kappa shape index (κ3) is 1.70. The third-order valence-electron chi connectivity index (χ3n) is 2.36. The number of H-pyrrole nitrogens is 1. The Morgan fingerprint density at radius 3 is 3.13 bits per heavy atom. The Kier molecular flexibility index (Phi) is 2.64. The molecule has 1 heterocycles. The number of halogens is 1. The number of fused-ring (bicyclic) bond motifs is 1. The number of hydrogen-bond acceptors (Lipinski definition) is 2. The van der Waals surface area contributed by atoms with Crippen LogP contribution in [0.4, 0.5) is 0 Å². The molecule has 2 aromatic rings. The maximum atomic E-state index is 10.1. The minimum atomic E-state index is 0.213. The summed E-state index contributed by atoms with van der Waals surface area (Å²) >= 11 is 6.17. The topological polar surface area (TPSA) is 42.1 Å². The van der Waals surface area contributed by atoms with Gasteiger partial charge >= 0.3 is 0 Å². The number of carbonyl (C=O) groups excluding carboxylic acids is 1. The molecule has 0 atom stereocenters. The molecule has 3 nitrogen and oxygen atoms in total. The molecule has 1 aromatic heterocycles. The molecule has 78 valence electrons. The Bertz CT molecular complexity index is 505. The number of aryl methyl sites for hydroxylation is 1. The van der Waals surface area contributed by atoms with Gasteiger partial charge < -0.3 is 9.72 Å². The molecular formula is C11H10ClNO2. The molecule has 0 amide bonds. The van der Waals surface area contributed by atoms with Gasteiger partial charge in [-0.3, -0.25) is 4.79 Å². The second-order valence-electron chi connectivity index (χ2n) is 3.34. The summed E-state index contributed by atoms with van der Waals surface area (Å²) in [7, 11) is 0. The number of hydrogen-bond donors (Lipinski definition) is 1. The van der Waals surface area contributed by atoms with E-state index < -0.39 is 0 Å². The second-order valence-corrected chi connectivity index (χ2v) is 3.72. The number of rotatable bonds is 3. The van der Waals surface area contributed by atoms with Crippen LogP contribution in [0.1, 0.15) is 11.1 Å². The van der Waals surface area contributed by atoms with Crippen molar-refractivity contribution in [1.82, 2.24) is 4.98 Å². The Morgan fingerprint density at radius 2 is 2.40 bits per heavy atom. The summed E-state index contributed by atoms with van der Waals surface area (Å²) in [5.74, 6) is 0.